The summed E-state index contributed by atoms with van der Waals surface area (Å²) in [5.74, 6) is -0.627. The third-order valence-electron chi connectivity index (χ3n) is 5.41. The van der Waals surface area contributed by atoms with E-state index in [1.54, 1.807) is 48.5 Å². The van der Waals surface area contributed by atoms with Crippen molar-refractivity contribution in [3.05, 3.63) is 82.9 Å². The van der Waals surface area contributed by atoms with Crippen LogP contribution in [0, 0.1) is 6.92 Å². The number of phenolic OH excluding ortho intramolecular Hbond substituents is 1. The number of nitrogens with one attached hydrogen (secondary N) is 1. The second-order valence-corrected chi connectivity index (χ2v) is 9.77. The van der Waals surface area contributed by atoms with Gasteiger partial charge in [0.2, 0.25) is 0 Å². The molecule has 0 aliphatic rings. The number of carbonyl (C=O) groups excluding carboxylic acids is 1. The SMILES string of the molecule is CCOc1ccccc1NC(=O)c1cc2ccccc2c(N=Nc2cc(Cl)cc(C)c2S(=O)(=O)O)c1O. The maximum Gasteiger partial charge on any atom is 0.297 e. The Hall–Kier alpha value is -3.99. The van der Waals surface area contributed by atoms with Crippen LogP contribution in [0.1, 0.15) is 22.8 Å². The van der Waals surface area contributed by atoms with E-state index in [1.165, 1.54) is 25.1 Å². The molecule has 0 atom stereocenters. The van der Waals surface area contributed by atoms with Gasteiger partial charge in [0.15, 0.2) is 5.75 Å². The highest BCUT2D eigenvalue weighted by Crippen LogP contribution is 2.41. The number of aromatic hydroxyl groups is 1. The van der Waals surface area contributed by atoms with Gasteiger partial charge in [-0.2, -0.15) is 8.42 Å². The number of phenols is 1. The lowest BCUT2D eigenvalue weighted by Crippen LogP contribution is -2.13. The third-order valence-corrected chi connectivity index (χ3v) is 6.68. The van der Waals surface area contributed by atoms with Crippen molar-refractivity contribution < 1.29 is 27.6 Å². The Morgan fingerprint density at radius 2 is 1.76 bits per heavy atom. The Morgan fingerprint density at radius 3 is 2.49 bits per heavy atom. The standard InChI is InChI=1S/C26H22ClN3O6S/c1-3-36-22-11-7-6-10-20(22)28-26(32)19-13-16-8-4-5-9-18(16)23(24(19)31)30-29-21-14-17(27)12-15(2)25(21)37(33,34)35/h4-14,31H,3H2,1-2H3,(H,28,32)(H,33,34,35). The summed E-state index contributed by atoms with van der Waals surface area (Å²) in [6, 6.07) is 17.8. The number of para-hydroxylation sites is 2. The van der Waals surface area contributed by atoms with E-state index in [0.29, 0.717) is 28.8 Å². The second kappa shape index (κ2) is 10.6. The van der Waals surface area contributed by atoms with Crippen LogP contribution in [-0.2, 0) is 10.1 Å². The Labute approximate surface area is 218 Å². The molecule has 0 spiro atoms. The van der Waals surface area contributed by atoms with Gasteiger partial charge in [-0.1, -0.05) is 48.0 Å². The van der Waals surface area contributed by atoms with Crippen molar-refractivity contribution in [3.63, 3.8) is 0 Å². The van der Waals surface area contributed by atoms with E-state index in [9.17, 15) is 22.9 Å². The van der Waals surface area contributed by atoms with Crippen molar-refractivity contribution in [2.45, 2.75) is 18.7 Å². The zero-order chi connectivity index (χ0) is 26.7. The van der Waals surface area contributed by atoms with Crippen molar-refractivity contribution >= 4 is 55.5 Å². The van der Waals surface area contributed by atoms with Gasteiger partial charge >= 0.3 is 0 Å². The molecule has 0 unspecified atom stereocenters. The van der Waals surface area contributed by atoms with Crippen molar-refractivity contribution in [3.8, 4) is 11.5 Å². The Morgan fingerprint density at radius 1 is 1.05 bits per heavy atom. The predicted molar refractivity (Wildman–Crippen MR) is 141 cm³/mol. The van der Waals surface area contributed by atoms with E-state index in [1.807, 2.05) is 6.92 Å². The molecule has 1 amide bonds. The van der Waals surface area contributed by atoms with Gasteiger partial charge in [0.25, 0.3) is 16.0 Å². The number of hydrogen-bond acceptors (Lipinski definition) is 7. The van der Waals surface area contributed by atoms with E-state index in [0.717, 1.165) is 0 Å². The van der Waals surface area contributed by atoms with Gasteiger partial charge in [-0.25, -0.2) is 0 Å². The summed E-state index contributed by atoms with van der Waals surface area (Å²) >= 11 is 6.07. The van der Waals surface area contributed by atoms with Gasteiger partial charge in [-0.05, 0) is 55.1 Å². The van der Waals surface area contributed by atoms with Crippen molar-refractivity contribution in [1.82, 2.24) is 0 Å². The fourth-order valence-electron chi connectivity index (χ4n) is 3.86. The molecule has 4 aromatic carbocycles. The molecule has 0 heterocycles. The van der Waals surface area contributed by atoms with Crippen LogP contribution in [0.15, 0.2) is 81.9 Å². The summed E-state index contributed by atoms with van der Waals surface area (Å²) in [7, 11) is -4.65. The number of halogens is 1. The monoisotopic (exact) mass is 539 g/mol. The highest BCUT2D eigenvalue weighted by Gasteiger charge is 2.22. The maximum atomic E-state index is 13.2. The van der Waals surface area contributed by atoms with Crippen LogP contribution in [0.3, 0.4) is 0 Å². The number of anilines is 1. The molecular weight excluding hydrogens is 518 g/mol. The number of carbonyl (C=O) groups is 1. The molecule has 0 fully saturated rings. The highest BCUT2D eigenvalue weighted by atomic mass is 35.5. The molecule has 11 heteroatoms. The fourth-order valence-corrected chi connectivity index (χ4v) is 4.96. The van der Waals surface area contributed by atoms with E-state index in [2.05, 4.69) is 15.5 Å². The number of aryl methyl sites for hydroxylation is 1. The van der Waals surface area contributed by atoms with E-state index >= 15 is 0 Å². The predicted octanol–water partition coefficient (Wildman–Crippen LogP) is 6.82. The molecule has 4 aromatic rings. The van der Waals surface area contributed by atoms with Crippen LogP contribution >= 0.6 is 11.6 Å². The lowest BCUT2D eigenvalue weighted by molar-refractivity contribution is 0.102. The number of fused-ring (bicyclic) bond motifs is 1. The molecule has 37 heavy (non-hydrogen) atoms. The summed E-state index contributed by atoms with van der Waals surface area (Å²) in [5, 5.41) is 23.1. The fraction of sp³-hybridized carbons (Fsp3) is 0.115. The van der Waals surface area contributed by atoms with Crippen LogP contribution < -0.4 is 10.1 Å². The Bertz CT molecular complexity index is 1650. The molecule has 0 radical (unpaired) electrons. The smallest absolute Gasteiger partial charge is 0.297 e. The highest BCUT2D eigenvalue weighted by molar-refractivity contribution is 7.86. The maximum absolute atomic E-state index is 13.2. The molecule has 9 nitrogen and oxygen atoms in total. The summed E-state index contributed by atoms with van der Waals surface area (Å²) in [6.07, 6.45) is 0. The molecule has 190 valence electrons. The van der Waals surface area contributed by atoms with Crippen LogP contribution in [0.5, 0.6) is 11.5 Å². The average molecular weight is 540 g/mol. The van der Waals surface area contributed by atoms with Crippen LogP contribution in [0.2, 0.25) is 5.02 Å². The molecule has 0 saturated carbocycles. The number of nitrogens with zero attached hydrogens (tertiary/aromatic N) is 2. The van der Waals surface area contributed by atoms with Gasteiger partial charge < -0.3 is 15.2 Å². The molecule has 0 aliphatic heterocycles. The number of rotatable bonds is 7. The molecular formula is C26H22ClN3O6S. The Kier molecular flexibility index (Phi) is 7.44. The lowest BCUT2D eigenvalue weighted by atomic mass is 10.0. The van der Waals surface area contributed by atoms with Crippen LogP contribution in [0.25, 0.3) is 10.8 Å². The molecule has 0 saturated heterocycles. The minimum absolute atomic E-state index is 0.0692. The second-order valence-electron chi connectivity index (χ2n) is 7.97. The van der Waals surface area contributed by atoms with Crippen molar-refractivity contribution in [2.75, 3.05) is 11.9 Å². The first-order chi connectivity index (χ1) is 17.6. The first-order valence-electron chi connectivity index (χ1n) is 11.1. The van der Waals surface area contributed by atoms with Crippen LogP contribution in [0.4, 0.5) is 17.1 Å². The number of benzene rings is 4. The number of ether oxygens (including phenoxy) is 1. The number of amides is 1. The van der Waals surface area contributed by atoms with Gasteiger partial charge in [0, 0.05) is 10.4 Å². The van der Waals surface area contributed by atoms with E-state index in [4.69, 9.17) is 16.3 Å². The average Bonchev–Trinajstić information content (AvgIpc) is 2.83. The van der Waals surface area contributed by atoms with Gasteiger partial charge in [0.05, 0.1) is 17.9 Å². The topological polar surface area (TPSA) is 138 Å². The zero-order valence-corrected chi connectivity index (χ0v) is 21.3. The van der Waals surface area contributed by atoms with Crippen molar-refractivity contribution in [2.24, 2.45) is 10.2 Å². The summed E-state index contributed by atoms with van der Waals surface area (Å²) in [4.78, 5) is 12.7. The van der Waals surface area contributed by atoms with Crippen molar-refractivity contribution in [1.29, 1.82) is 0 Å². The zero-order valence-electron chi connectivity index (χ0n) is 19.8. The normalized spacial score (nSPS) is 11.7. The number of azo groups is 1. The lowest BCUT2D eigenvalue weighted by Gasteiger charge is -2.13. The first-order valence-corrected chi connectivity index (χ1v) is 12.9. The van der Waals surface area contributed by atoms with Gasteiger partial charge in [0.1, 0.15) is 22.0 Å². The molecule has 0 bridgehead atoms. The first kappa shape index (κ1) is 26.1. The summed E-state index contributed by atoms with van der Waals surface area (Å²) in [6.45, 7) is 3.67. The largest absolute Gasteiger partial charge is 0.505 e. The van der Waals surface area contributed by atoms with Gasteiger partial charge in [-0.15, -0.1) is 10.2 Å². The minimum atomic E-state index is -4.65. The summed E-state index contributed by atoms with van der Waals surface area (Å²) < 4.78 is 39.2. The molecule has 0 aromatic heterocycles. The van der Waals surface area contributed by atoms with E-state index < -0.39 is 26.7 Å². The molecule has 3 N–H and O–H groups in total. The summed E-state index contributed by atoms with van der Waals surface area (Å²) in [5.41, 5.74) is 0.198. The Balaban J connectivity index is 1.84. The van der Waals surface area contributed by atoms with Gasteiger partial charge in [-0.3, -0.25) is 9.35 Å². The number of hydrogen-bond donors (Lipinski definition) is 3. The minimum Gasteiger partial charge on any atom is -0.505 e. The third kappa shape index (κ3) is 5.56. The van der Waals surface area contributed by atoms with E-state index in [-0.39, 0.29) is 27.5 Å². The quantitative estimate of drug-likeness (QED) is 0.174. The molecule has 0 aliphatic carbocycles. The molecule has 4 rings (SSSR count). The van der Waals surface area contributed by atoms with Crippen LogP contribution in [-0.4, -0.2) is 30.6 Å².